The lowest BCUT2D eigenvalue weighted by atomic mass is 10.2. The van der Waals surface area contributed by atoms with Gasteiger partial charge in [0.15, 0.2) is 0 Å². The summed E-state index contributed by atoms with van der Waals surface area (Å²) in [6.07, 6.45) is 0.493. The lowest BCUT2D eigenvalue weighted by molar-refractivity contribution is -0.139. The van der Waals surface area contributed by atoms with Crippen molar-refractivity contribution in [2.24, 2.45) is 0 Å². The van der Waals surface area contributed by atoms with Crippen molar-refractivity contribution < 1.29 is 22.8 Å². The Morgan fingerprint density at radius 2 is 1.52 bits per heavy atom. The monoisotopic (exact) mass is 393 g/mol. The molecule has 0 spiro atoms. The molecule has 2 saturated heterocycles. The van der Waals surface area contributed by atoms with Gasteiger partial charge >= 0.3 is 0 Å². The first-order valence-electron chi connectivity index (χ1n) is 8.97. The average molecular weight is 393 g/mol. The van der Waals surface area contributed by atoms with Crippen LogP contribution < -0.4 is 0 Å². The summed E-state index contributed by atoms with van der Waals surface area (Å²) in [4.78, 5) is 38.5. The van der Waals surface area contributed by atoms with E-state index in [9.17, 15) is 22.8 Å². The second-order valence-corrected chi connectivity index (χ2v) is 8.72. The molecule has 27 heavy (non-hydrogen) atoms. The molecule has 0 aliphatic carbocycles. The zero-order valence-corrected chi connectivity index (χ0v) is 16.1. The van der Waals surface area contributed by atoms with Crippen molar-refractivity contribution in [3.8, 4) is 0 Å². The second kappa shape index (κ2) is 7.77. The van der Waals surface area contributed by atoms with Gasteiger partial charge in [0.2, 0.25) is 27.7 Å². The van der Waals surface area contributed by atoms with E-state index in [1.165, 1.54) is 4.31 Å². The fourth-order valence-electron chi connectivity index (χ4n) is 3.27. The molecule has 0 bridgehead atoms. The molecule has 2 aliphatic heterocycles. The maximum absolute atomic E-state index is 12.7. The fourth-order valence-corrected chi connectivity index (χ4v) is 4.70. The van der Waals surface area contributed by atoms with Gasteiger partial charge in [-0.2, -0.15) is 4.31 Å². The number of hydrogen-bond acceptors (Lipinski definition) is 5. The normalized spacial score (nSPS) is 19.0. The van der Waals surface area contributed by atoms with Crippen LogP contribution in [0.1, 0.15) is 24.8 Å². The van der Waals surface area contributed by atoms with Crippen molar-refractivity contribution in [3.63, 3.8) is 0 Å². The Morgan fingerprint density at radius 1 is 0.963 bits per heavy atom. The molecule has 2 heterocycles. The van der Waals surface area contributed by atoms with E-state index in [-0.39, 0.29) is 61.5 Å². The molecule has 1 aromatic carbocycles. The molecule has 0 atom stereocenters. The lowest BCUT2D eigenvalue weighted by Gasteiger charge is -2.34. The number of benzene rings is 1. The van der Waals surface area contributed by atoms with Crippen LogP contribution in [0.5, 0.6) is 0 Å². The largest absolute Gasteiger partial charge is 0.340 e. The first-order chi connectivity index (χ1) is 12.8. The fraction of sp³-hybridized carbons (Fsp3) is 0.500. The van der Waals surface area contributed by atoms with Gasteiger partial charge < -0.3 is 4.90 Å². The van der Waals surface area contributed by atoms with Crippen LogP contribution in [0.4, 0.5) is 0 Å². The summed E-state index contributed by atoms with van der Waals surface area (Å²) in [6, 6.07) is 6.69. The van der Waals surface area contributed by atoms with Crippen LogP contribution >= 0.6 is 0 Å². The lowest BCUT2D eigenvalue weighted by Crippen LogP contribution is -2.51. The predicted molar refractivity (Wildman–Crippen MR) is 97.1 cm³/mol. The average Bonchev–Trinajstić information content (AvgIpc) is 2.98. The number of carbonyl (C=O) groups excluding carboxylic acids is 3. The van der Waals surface area contributed by atoms with Crippen LogP contribution in [-0.2, 0) is 24.4 Å². The molecule has 2 fully saturated rings. The topological polar surface area (TPSA) is 95.1 Å². The van der Waals surface area contributed by atoms with Gasteiger partial charge in [-0.25, -0.2) is 8.42 Å². The van der Waals surface area contributed by atoms with Crippen LogP contribution in [0.3, 0.4) is 0 Å². The minimum atomic E-state index is -3.57. The van der Waals surface area contributed by atoms with E-state index in [1.807, 2.05) is 6.92 Å². The van der Waals surface area contributed by atoms with E-state index in [4.69, 9.17) is 0 Å². The highest BCUT2D eigenvalue weighted by atomic mass is 32.2. The van der Waals surface area contributed by atoms with Crippen molar-refractivity contribution in [3.05, 3.63) is 29.8 Å². The van der Waals surface area contributed by atoms with E-state index < -0.39 is 10.0 Å². The number of sulfonamides is 1. The third kappa shape index (κ3) is 4.19. The molecule has 146 valence electrons. The maximum Gasteiger partial charge on any atom is 0.243 e. The number of amides is 3. The van der Waals surface area contributed by atoms with E-state index in [0.29, 0.717) is 13.1 Å². The van der Waals surface area contributed by atoms with Crippen LogP contribution in [0.25, 0.3) is 0 Å². The number of carbonyl (C=O) groups is 3. The number of likely N-dealkylation sites (tertiary alicyclic amines) is 1. The summed E-state index contributed by atoms with van der Waals surface area (Å²) in [5, 5.41) is 0. The predicted octanol–water partition coefficient (Wildman–Crippen LogP) is 0.367. The number of imide groups is 1. The Morgan fingerprint density at radius 3 is 2.07 bits per heavy atom. The maximum atomic E-state index is 12.7. The Kier molecular flexibility index (Phi) is 5.61. The van der Waals surface area contributed by atoms with Gasteiger partial charge in [-0.05, 0) is 19.1 Å². The SMILES string of the molecule is Cc1ccc(S(=O)(=O)N2CCN(C(=O)CCN3C(=O)CCC3=O)CC2)cc1. The summed E-state index contributed by atoms with van der Waals surface area (Å²) in [6.45, 7) is 3.03. The first-order valence-corrected chi connectivity index (χ1v) is 10.4. The van der Waals surface area contributed by atoms with Crippen LogP contribution in [0, 0.1) is 6.92 Å². The van der Waals surface area contributed by atoms with E-state index >= 15 is 0 Å². The highest BCUT2D eigenvalue weighted by Gasteiger charge is 2.32. The first kappa shape index (κ1) is 19.5. The third-order valence-corrected chi connectivity index (χ3v) is 6.87. The summed E-state index contributed by atoms with van der Waals surface area (Å²) < 4.78 is 26.8. The van der Waals surface area contributed by atoms with Crippen LogP contribution in [0.2, 0.25) is 0 Å². The number of aryl methyl sites for hydroxylation is 1. The van der Waals surface area contributed by atoms with E-state index in [2.05, 4.69) is 0 Å². The minimum Gasteiger partial charge on any atom is -0.340 e. The third-order valence-electron chi connectivity index (χ3n) is 4.95. The molecular weight excluding hydrogens is 370 g/mol. The van der Waals surface area contributed by atoms with Gasteiger partial charge in [-0.1, -0.05) is 17.7 Å². The number of hydrogen-bond donors (Lipinski definition) is 0. The molecule has 3 amide bonds. The van der Waals surface area contributed by atoms with Gasteiger partial charge in [-0.15, -0.1) is 0 Å². The molecule has 0 unspecified atom stereocenters. The minimum absolute atomic E-state index is 0.0716. The Bertz CT molecular complexity index is 826. The Balaban J connectivity index is 1.53. The summed E-state index contributed by atoms with van der Waals surface area (Å²) >= 11 is 0. The molecule has 9 heteroatoms. The highest BCUT2D eigenvalue weighted by molar-refractivity contribution is 7.89. The van der Waals surface area contributed by atoms with Crippen molar-refractivity contribution in [2.45, 2.75) is 31.1 Å². The van der Waals surface area contributed by atoms with Gasteiger partial charge in [0, 0.05) is 52.0 Å². The van der Waals surface area contributed by atoms with E-state index in [1.54, 1.807) is 29.2 Å². The van der Waals surface area contributed by atoms with Gasteiger partial charge in [-0.3, -0.25) is 19.3 Å². The van der Waals surface area contributed by atoms with Crippen molar-refractivity contribution in [1.29, 1.82) is 0 Å². The molecule has 0 radical (unpaired) electrons. The Labute approximate surface area is 158 Å². The van der Waals surface area contributed by atoms with Crippen molar-refractivity contribution in [2.75, 3.05) is 32.7 Å². The smallest absolute Gasteiger partial charge is 0.243 e. The van der Waals surface area contributed by atoms with Gasteiger partial charge in [0.1, 0.15) is 0 Å². The zero-order chi connectivity index (χ0) is 19.6. The Hall–Kier alpha value is -2.26. The standard InChI is InChI=1S/C18H23N3O5S/c1-14-2-4-15(5-3-14)27(25,26)20-12-10-19(11-13-20)16(22)8-9-21-17(23)6-7-18(21)24/h2-5H,6-13H2,1H3. The highest BCUT2D eigenvalue weighted by Crippen LogP contribution is 2.19. The van der Waals surface area contributed by atoms with Crippen LogP contribution in [-0.4, -0.2) is 73.0 Å². The molecule has 0 aromatic heterocycles. The summed E-state index contributed by atoms with van der Waals surface area (Å²) in [5.74, 6) is -0.640. The molecule has 0 N–H and O–H groups in total. The summed E-state index contributed by atoms with van der Waals surface area (Å²) in [5.41, 5.74) is 0.985. The van der Waals surface area contributed by atoms with Crippen molar-refractivity contribution in [1.82, 2.24) is 14.1 Å². The number of rotatable bonds is 5. The molecule has 2 aliphatic rings. The molecule has 1 aromatic rings. The number of piperazine rings is 1. The van der Waals surface area contributed by atoms with Crippen LogP contribution in [0.15, 0.2) is 29.2 Å². The molecule has 0 saturated carbocycles. The second-order valence-electron chi connectivity index (χ2n) is 6.79. The number of nitrogens with zero attached hydrogens (tertiary/aromatic N) is 3. The van der Waals surface area contributed by atoms with Crippen molar-refractivity contribution >= 4 is 27.7 Å². The molecule has 8 nitrogen and oxygen atoms in total. The summed E-state index contributed by atoms with van der Waals surface area (Å²) in [7, 11) is -3.57. The molecular formula is C18H23N3O5S. The van der Waals surface area contributed by atoms with Gasteiger partial charge in [0.05, 0.1) is 4.90 Å². The molecule has 3 rings (SSSR count). The van der Waals surface area contributed by atoms with Gasteiger partial charge in [0.25, 0.3) is 0 Å². The zero-order valence-electron chi connectivity index (χ0n) is 15.3. The quantitative estimate of drug-likeness (QED) is 0.674. The van der Waals surface area contributed by atoms with E-state index in [0.717, 1.165) is 10.5 Å².